The van der Waals surface area contributed by atoms with Crippen molar-refractivity contribution in [1.29, 1.82) is 0 Å². The number of carbonyl (C=O) groups is 2. The third-order valence-electron chi connectivity index (χ3n) is 6.85. The second kappa shape index (κ2) is 13.3. The third kappa shape index (κ3) is 8.21. The van der Waals surface area contributed by atoms with E-state index in [1.807, 2.05) is 38.1 Å². The average Bonchev–Trinajstić information content (AvgIpc) is 3.33. The summed E-state index contributed by atoms with van der Waals surface area (Å²) in [5, 5.41) is 14.9. The Morgan fingerprint density at radius 3 is 2.63 bits per heavy atom. The van der Waals surface area contributed by atoms with Crippen LogP contribution in [0.4, 0.5) is 0 Å². The van der Waals surface area contributed by atoms with Gasteiger partial charge in [-0.2, -0.15) is 0 Å². The SMILES string of the molecule is CC(C=CC1=C(C)CCCC1(C)C)=CC=CC(C)=CC(=O)NC(CO)C(=O)NCc1ccc2c(c1)OCO2. The van der Waals surface area contributed by atoms with Crippen LogP contribution >= 0.6 is 0 Å². The molecule has 1 aliphatic heterocycles. The van der Waals surface area contributed by atoms with Gasteiger partial charge < -0.3 is 25.2 Å². The van der Waals surface area contributed by atoms with E-state index in [0.29, 0.717) is 11.5 Å². The summed E-state index contributed by atoms with van der Waals surface area (Å²) >= 11 is 0. The standard InChI is InChI=1S/C31H40N2O5/c1-21(11-13-25-23(3)10-7-15-31(25,4)5)8-6-9-22(2)16-29(35)33-26(19-34)30(36)32-18-24-12-14-27-28(17-24)38-20-37-27/h6,8-9,11-14,16-17,26,34H,7,10,15,18-20H2,1-5H3,(H,32,36)(H,33,35). The van der Waals surface area contributed by atoms with Crippen LogP contribution in [-0.2, 0) is 16.1 Å². The van der Waals surface area contributed by atoms with E-state index in [1.54, 1.807) is 12.1 Å². The highest BCUT2D eigenvalue weighted by atomic mass is 16.7. The van der Waals surface area contributed by atoms with Gasteiger partial charge in [0.2, 0.25) is 18.6 Å². The van der Waals surface area contributed by atoms with Gasteiger partial charge in [0.15, 0.2) is 11.5 Å². The summed E-state index contributed by atoms with van der Waals surface area (Å²) in [6.45, 7) is 10.6. The molecule has 3 N–H and O–H groups in total. The molecule has 0 spiro atoms. The maximum absolute atomic E-state index is 12.5. The molecule has 1 aliphatic carbocycles. The van der Waals surface area contributed by atoms with Gasteiger partial charge in [-0.3, -0.25) is 9.59 Å². The summed E-state index contributed by atoms with van der Waals surface area (Å²) in [7, 11) is 0. The van der Waals surface area contributed by atoms with Crippen LogP contribution in [0.5, 0.6) is 11.5 Å². The Labute approximate surface area is 226 Å². The zero-order valence-electron chi connectivity index (χ0n) is 23.1. The lowest BCUT2D eigenvalue weighted by Gasteiger charge is -2.32. The molecular formula is C31H40N2O5. The summed E-state index contributed by atoms with van der Waals surface area (Å²) in [6.07, 6.45) is 15.1. The van der Waals surface area contributed by atoms with Crippen LogP contribution in [0.25, 0.3) is 0 Å². The van der Waals surface area contributed by atoms with Crippen molar-refractivity contribution < 1.29 is 24.2 Å². The summed E-state index contributed by atoms with van der Waals surface area (Å²) in [5.41, 5.74) is 5.75. The number of aliphatic hydroxyl groups is 1. The van der Waals surface area contributed by atoms with Crippen LogP contribution in [0.2, 0.25) is 0 Å². The lowest BCUT2D eigenvalue weighted by Crippen LogP contribution is -2.48. The predicted molar refractivity (Wildman–Crippen MR) is 150 cm³/mol. The zero-order chi connectivity index (χ0) is 27.7. The first kappa shape index (κ1) is 29.0. The first-order valence-corrected chi connectivity index (χ1v) is 13.1. The minimum Gasteiger partial charge on any atom is -0.454 e. The van der Waals surface area contributed by atoms with Crippen LogP contribution in [0.3, 0.4) is 0 Å². The smallest absolute Gasteiger partial charge is 0.245 e. The summed E-state index contributed by atoms with van der Waals surface area (Å²) in [5.74, 6) is 0.359. The van der Waals surface area contributed by atoms with Crippen molar-refractivity contribution in [3.63, 3.8) is 0 Å². The number of rotatable bonds is 10. The Morgan fingerprint density at radius 1 is 1.13 bits per heavy atom. The highest BCUT2D eigenvalue weighted by molar-refractivity contribution is 5.93. The van der Waals surface area contributed by atoms with Crippen molar-refractivity contribution in [3.8, 4) is 11.5 Å². The Kier molecular flexibility index (Phi) is 10.1. The van der Waals surface area contributed by atoms with E-state index < -0.39 is 24.5 Å². The Morgan fingerprint density at radius 2 is 1.89 bits per heavy atom. The molecule has 1 atom stereocenters. The number of aliphatic hydroxyl groups excluding tert-OH is 1. The van der Waals surface area contributed by atoms with Crippen molar-refractivity contribution in [1.82, 2.24) is 10.6 Å². The Bertz CT molecular complexity index is 1190. The fourth-order valence-corrected chi connectivity index (χ4v) is 4.66. The van der Waals surface area contributed by atoms with Gasteiger partial charge in [0.05, 0.1) is 6.61 Å². The average molecular weight is 521 g/mol. The number of fused-ring (bicyclic) bond motifs is 1. The molecule has 7 heteroatoms. The van der Waals surface area contributed by atoms with Gasteiger partial charge in [0.1, 0.15) is 6.04 Å². The van der Waals surface area contributed by atoms with Crippen LogP contribution < -0.4 is 20.1 Å². The quantitative estimate of drug-likeness (QED) is 0.297. The molecule has 0 fully saturated rings. The van der Waals surface area contributed by atoms with Gasteiger partial charge in [0.25, 0.3) is 0 Å². The lowest BCUT2D eigenvalue weighted by atomic mass is 9.72. The number of hydrogen-bond acceptors (Lipinski definition) is 5. The van der Waals surface area contributed by atoms with Crippen molar-refractivity contribution in [2.45, 2.75) is 66.5 Å². The molecule has 0 radical (unpaired) electrons. The molecule has 0 aromatic heterocycles. The number of amides is 2. The zero-order valence-corrected chi connectivity index (χ0v) is 23.1. The molecule has 1 heterocycles. The van der Waals surface area contributed by atoms with Gasteiger partial charge in [0, 0.05) is 12.6 Å². The summed E-state index contributed by atoms with van der Waals surface area (Å²) < 4.78 is 10.6. The maximum atomic E-state index is 12.5. The fourth-order valence-electron chi connectivity index (χ4n) is 4.66. The second-order valence-electron chi connectivity index (χ2n) is 10.6. The molecule has 38 heavy (non-hydrogen) atoms. The van der Waals surface area contributed by atoms with Gasteiger partial charge >= 0.3 is 0 Å². The Hall–Kier alpha value is -3.58. The molecule has 1 aromatic carbocycles. The number of ether oxygens (including phenoxy) is 2. The van der Waals surface area contributed by atoms with Crippen molar-refractivity contribution in [2.24, 2.45) is 5.41 Å². The van der Waals surface area contributed by atoms with E-state index in [-0.39, 0.29) is 18.8 Å². The van der Waals surface area contributed by atoms with Crippen molar-refractivity contribution >= 4 is 11.8 Å². The highest BCUT2D eigenvalue weighted by Crippen LogP contribution is 2.40. The number of hydrogen-bond donors (Lipinski definition) is 3. The van der Waals surface area contributed by atoms with E-state index in [1.165, 1.54) is 30.1 Å². The Balaban J connectivity index is 1.50. The normalized spacial score (nSPS) is 18.3. The minimum atomic E-state index is -1.06. The molecule has 0 saturated carbocycles. The van der Waals surface area contributed by atoms with Crippen molar-refractivity contribution in [2.75, 3.05) is 13.4 Å². The van der Waals surface area contributed by atoms with Gasteiger partial charge in [-0.15, -0.1) is 0 Å². The minimum absolute atomic E-state index is 0.176. The largest absolute Gasteiger partial charge is 0.454 e. The molecule has 2 aliphatic rings. The molecule has 204 valence electrons. The van der Waals surface area contributed by atoms with E-state index in [0.717, 1.165) is 23.1 Å². The summed E-state index contributed by atoms with van der Waals surface area (Å²) in [4.78, 5) is 24.9. The van der Waals surface area contributed by atoms with Crippen molar-refractivity contribution in [3.05, 3.63) is 82.5 Å². The third-order valence-corrected chi connectivity index (χ3v) is 6.85. The molecule has 3 rings (SSSR count). The first-order chi connectivity index (χ1) is 18.1. The van der Waals surface area contributed by atoms with Crippen LogP contribution in [0.1, 0.15) is 59.4 Å². The van der Waals surface area contributed by atoms with E-state index in [4.69, 9.17) is 9.47 Å². The first-order valence-electron chi connectivity index (χ1n) is 13.1. The maximum Gasteiger partial charge on any atom is 0.245 e. The predicted octanol–water partition coefficient (Wildman–Crippen LogP) is 5.04. The lowest BCUT2D eigenvalue weighted by molar-refractivity contribution is -0.128. The van der Waals surface area contributed by atoms with Crippen LogP contribution in [0.15, 0.2) is 76.9 Å². The number of allylic oxidation sites excluding steroid dienone is 9. The number of benzene rings is 1. The van der Waals surface area contributed by atoms with Crippen LogP contribution in [0, 0.1) is 5.41 Å². The van der Waals surface area contributed by atoms with E-state index in [2.05, 4.69) is 43.6 Å². The van der Waals surface area contributed by atoms with Gasteiger partial charge in [-0.05, 0) is 74.3 Å². The van der Waals surface area contributed by atoms with Gasteiger partial charge in [-0.1, -0.05) is 61.4 Å². The van der Waals surface area contributed by atoms with E-state index >= 15 is 0 Å². The molecule has 0 saturated heterocycles. The van der Waals surface area contributed by atoms with Crippen LogP contribution in [-0.4, -0.2) is 36.4 Å². The topological polar surface area (TPSA) is 96.9 Å². The number of carbonyl (C=O) groups excluding carboxylic acids is 2. The molecule has 1 aromatic rings. The molecule has 0 bridgehead atoms. The second-order valence-corrected chi connectivity index (χ2v) is 10.6. The monoisotopic (exact) mass is 520 g/mol. The molecule has 7 nitrogen and oxygen atoms in total. The molecule has 2 amide bonds. The van der Waals surface area contributed by atoms with E-state index in [9.17, 15) is 14.7 Å². The fraction of sp³-hybridized carbons (Fsp3) is 0.419. The summed E-state index contributed by atoms with van der Waals surface area (Å²) in [6, 6.07) is 4.33. The van der Waals surface area contributed by atoms with Gasteiger partial charge in [-0.25, -0.2) is 0 Å². The number of nitrogens with one attached hydrogen (secondary N) is 2. The molecular weight excluding hydrogens is 480 g/mol. The highest BCUT2D eigenvalue weighted by Gasteiger charge is 2.26. The molecule has 1 unspecified atom stereocenters.